The van der Waals surface area contributed by atoms with Gasteiger partial charge in [0.15, 0.2) is 0 Å². The van der Waals surface area contributed by atoms with Crippen molar-refractivity contribution in [1.29, 1.82) is 5.26 Å². The largest absolute Gasteiger partial charge is 0.486 e. The number of benzene rings is 2. The fourth-order valence-electron chi connectivity index (χ4n) is 4.06. The van der Waals surface area contributed by atoms with Crippen LogP contribution < -0.4 is 4.74 Å². The minimum Gasteiger partial charge on any atom is -0.486 e. The zero-order chi connectivity index (χ0) is 24.9. The first-order valence-electron chi connectivity index (χ1n) is 11.3. The third-order valence-corrected chi connectivity index (χ3v) is 5.63. The molecule has 0 spiro atoms. The van der Waals surface area contributed by atoms with Gasteiger partial charge in [0.2, 0.25) is 0 Å². The van der Waals surface area contributed by atoms with Crippen molar-refractivity contribution in [1.82, 2.24) is 4.90 Å². The Hall–Kier alpha value is -3.21. The molecule has 1 aliphatic rings. The van der Waals surface area contributed by atoms with Gasteiger partial charge in [0.1, 0.15) is 17.5 Å². The Kier molecular flexibility index (Phi) is 7.75. The Morgan fingerprint density at radius 3 is 2.41 bits per heavy atom. The van der Waals surface area contributed by atoms with Crippen molar-refractivity contribution in [3.63, 3.8) is 0 Å². The fourth-order valence-corrected chi connectivity index (χ4v) is 4.06. The second kappa shape index (κ2) is 10.4. The molecule has 0 saturated carbocycles. The van der Waals surface area contributed by atoms with Crippen LogP contribution in [0.15, 0.2) is 48.5 Å². The van der Waals surface area contributed by atoms with Crippen molar-refractivity contribution >= 4 is 6.09 Å². The molecule has 5 nitrogen and oxygen atoms in total. The standard InChI is InChI=1S/C26H29F3N2O3/c1-25(2,3)34-24(32)31-15-7-6-9-20(31)16-23(22-10-5-4-8-18(22)17-30)33-21-13-11-19(12-14-21)26(27,28)29/h4-5,8,10-14,20,23H,6-7,9,15-16H2,1-3H3. The van der Waals surface area contributed by atoms with Gasteiger partial charge in [-0.05, 0) is 70.4 Å². The van der Waals surface area contributed by atoms with Crippen LogP contribution in [-0.4, -0.2) is 29.2 Å². The summed E-state index contributed by atoms with van der Waals surface area (Å²) in [5.74, 6) is 0.255. The smallest absolute Gasteiger partial charge is 0.416 e. The molecule has 8 heteroatoms. The van der Waals surface area contributed by atoms with Crippen molar-refractivity contribution in [2.45, 2.75) is 70.4 Å². The molecule has 182 valence electrons. The van der Waals surface area contributed by atoms with Gasteiger partial charge in [-0.25, -0.2) is 4.79 Å². The van der Waals surface area contributed by atoms with E-state index in [1.54, 1.807) is 29.2 Å². The lowest BCUT2D eigenvalue weighted by molar-refractivity contribution is -0.137. The number of nitriles is 1. The van der Waals surface area contributed by atoms with Gasteiger partial charge in [-0.1, -0.05) is 18.2 Å². The molecule has 2 aromatic carbocycles. The van der Waals surface area contributed by atoms with E-state index < -0.39 is 29.5 Å². The molecule has 3 rings (SSSR count). The molecule has 0 N–H and O–H groups in total. The molecule has 0 aromatic heterocycles. The lowest BCUT2D eigenvalue weighted by Crippen LogP contribution is -2.47. The lowest BCUT2D eigenvalue weighted by atomic mass is 9.92. The van der Waals surface area contributed by atoms with Crippen molar-refractivity contribution in [2.75, 3.05) is 6.54 Å². The third kappa shape index (κ3) is 6.66. The van der Waals surface area contributed by atoms with Crippen LogP contribution in [0.25, 0.3) is 0 Å². The summed E-state index contributed by atoms with van der Waals surface area (Å²) in [6.07, 6.45) is -2.59. The maximum atomic E-state index is 13.0. The number of amides is 1. The van der Waals surface area contributed by atoms with Crippen molar-refractivity contribution in [2.24, 2.45) is 0 Å². The Balaban J connectivity index is 1.89. The van der Waals surface area contributed by atoms with Crippen molar-refractivity contribution in [3.05, 3.63) is 65.2 Å². The van der Waals surface area contributed by atoms with E-state index in [-0.39, 0.29) is 11.8 Å². The summed E-state index contributed by atoms with van der Waals surface area (Å²) in [5.41, 5.74) is -0.362. The summed E-state index contributed by atoms with van der Waals surface area (Å²) in [4.78, 5) is 14.6. The highest BCUT2D eigenvalue weighted by molar-refractivity contribution is 5.68. The quantitative estimate of drug-likeness (QED) is 0.474. The molecule has 1 saturated heterocycles. The fraction of sp³-hybridized carbons (Fsp3) is 0.462. The summed E-state index contributed by atoms with van der Waals surface area (Å²) < 4.78 is 50.6. The average Bonchev–Trinajstić information content (AvgIpc) is 2.77. The number of hydrogen-bond donors (Lipinski definition) is 0. The van der Waals surface area contributed by atoms with Crippen LogP contribution in [0.1, 0.15) is 69.2 Å². The van der Waals surface area contributed by atoms with Crippen LogP contribution in [0.3, 0.4) is 0 Å². The van der Waals surface area contributed by atoms with Gasteiger partial charge >= 0.3 is 12.3 Å². The molecule has 2 aromatic rings. The summed E-state index contributed by atoms with van der Waals surface area (Å²) in [6, 6.07) is 13.4. The molecular formula is C26H29F3N2O3. The van der Waals surface area contributed by atoms with E-state index in [1.165, 1.54) is 12.1 Å². The van der Waals surface area contributed by atoms with Crippen LogP contribution in [0, 0.1) is 11.3 Å². The molecule has 1 amide bonds. The van der Waals surface area contributed by atoms with E-state index >= 15 is 0 Å². The molecule has 2 unspecified atom stereocenters. The maximum absolute atomic E-state index is 13.0. The molecule has 34 heavy (non-hydrogen) atoms. The number of halogens is 3. The zero-order valence-corrected chi connectivity index (χ0v) is 19.6. The number of rotatable bonds is 5. The number of hydrogen-bond acceptors (Lipinski definition) is 4. The molecule has 1 heterocycles. The zero-order valence-electron chi connectivity index (χ0n) is 19.6. The summed E-state index contributed by atoms with van der Waals surface area (Å²) in [5, 5.41) is 9.62. The summed E-state index contributed by atoms with van der Waals surface area (Å²) in [6.45, 7) is 5.98. The Labute approximate surface area is 198 Å². The van der Waals surface area contributed by atoms with E-state index in [9.17, 15) is 23.2 Å². The van der Waals surface area contributed by atoms with E-state index in [1.807, 2.05) is 20.8 Å². The van der Waals surface area contributed by atoms with Gasteiger partial charge in [-0.3, -0.25) is 0 Å². The van der Waals surface area contributed by atoms with Gasteiger partial charge in [-0.2, -0.15) is 18.4 Å². The minimum absolute atomic E-state index is 0.199. The minimum atomic E-state index is -4.44. The van der Waals surface area contributed by atoms with Crippen LogP contribution in [0.4, 0.5) is 18.0 Å². The highest BCUT2D eigenvalue weighted by Crippen LogP contribution is 2.35. The number of ether oxygens (including phenoxy) is 2. The van der Waals surface area contributed by atoms with E-state index in [2.05, 4.69) is 6.07 Å². The van der Waals surface area contributed by atoms with Gasteiger partial charge in [-0.15, -0.1) is 0 Å². The van der Waals surface area contributed by atoms with Gasteiger partial charge in [0.25, 0.3) is 0 Å². The third-order valence-electron chi connectivity index (χ3n) is 5.63. The van der Waals surface area contributed by atoms with Crippen molar-refractivity contribution < 1.29 is 27.4 Å². The predicted molar refractivity (Wildman–Crippen MR) is 121 cm³/mol. The second-order valence-electron chi connectivity index (χ2n) is 9.39. The number of piperidine rings is 1. The molecule has 2 atom stereocenters. The first-order chi connectivity index (χ1) is 16.0. The number of alkyl halides is 3. The number of likely N-dealkylation sites (tertiary alicyclic amines) is 1. The van der Waals surface area contributed by atoms with Crippen LogP contribution in [0.5, 0.6) is 5.75 Å². The lowest BCUT2D eigenvalue weighted by Gasteiger charge is -2.38. The van der Waals surface area contributed by atoms with E-state index in [4.69, 9.17) is 9.47 Å². The molecule has 0 aliphatic carbocycles. The first-order valence-corrected chi connectivity index (χ1v) is 11.3. The predicted octanol–water partition coefficient (Wildman–Crippen LogP) is 6.88. The molecule has 1 fully saturated rings. The first kappa shape index (κ1) is 25.4. The average molecular weight is 475 g/mol. The Morgan fingerprint density at radius 2 is 1.79 bits per heavy atom. The maximum Gasteiger partial charge on any atom is 0.416 e. The number of carbonyl (C=O) groups excluding carboxylic acids is 1. The Morgan fingerprint density at radius 1 is 1.12 bits per heavy atom. The van der Waals surface area contributed by atoms with Crippen molar-refractivity contribution in [3.8, 4) is 11.8 Å². The highest BCUT2D eigenvalue weighted by atomic mass is 19.4. The van der Waals surface area contributed by atoms with Crippen LogP contribution >= 0.6 is 0 Å². The second-order valence-corrected chi connectivity index (χ2v) is 9.39. The van der Waals surface area contributed by atoms with E-state index in [0.717, 1.165) is 31.4 Å². The van der Waals surface area contributed by atoms with Crippen LogP contribution in [-0.2, 0) is 10.9 Å². The van der Waals surface area contributed by atoms with Gasteiger partial charge in [0, 0.05) is 24.6 Å². The van der Waals surface area contributed by atoms with Crippen LogP contribution in [0.2, 0.25) is 0 Å². The van der Waals surface area contributed by atoms with Gasteiger partial charge in [0.05, 0.1) is 17.2 Å². The monoisotopic (exact) mass is 474 g/mol. The molecule has 0 bridgehead atoms. The molecule has 0 radical (unpaired) electrons. The van der Waals surface area contributed by atoms with E-state index in [0.29, 0.717) is 24.1 Å². The molecule has 1 aliphatic heterocycles. The Bertz CT molecular complexity index is 1020. The number of nitrogens with zero attached hydrogens (tertiary/aromatic N) is 2. The summed E-state index contributed by atoms with van der Waals surface area (Å²) in [7, 11) is 0. The normalized spacial score (nSPS) is 17.6. The summed E-state index contributed by atoms with van der Waals surface area (Å²) >= 11 is 0. The molecular weight excluding hydrogens is 445 g/mol. The SMILES string of the molecule is CC(C)(C)OC(=O)N1CCCCC1CC(Oc1ccc(C(F)(F)F)cc1)c1ccccc1C#N. The number of carbonyl (C=O) groups is 1. The topological polar surface area (TPSA) is 62.6 Å². The van der Waals surface area contributed by atoms with Gasteiger partial charge < -0.3 is 14.4 Å². The highest BCUT2D eigenvalue weighted by Gasteiger charge is 2.34.